The third-order valence-electron chi connectivity index (χ3n) is 15.1. The largest absolute Gasteiger partial charge is 0.453 e. The molecular weight excluding hydrogens is 762 g/mol. The van der Waals surface area contributed by atoms with Crippen LogP contribution in [0.5, 0.6) is 0 Å². The van der Waals surface area contributed by atoms with Gasteiger partial charge in [0, 0.05) is 50.0 Å². The molecular formula is C58H50B2N2O. The fourth-order valence-electron chi connectivity index (χ4n) is 11.8. The molecule has 0 saturated heterocycles. The zero-order valence-corrected chi connectivity index (χ0v) is 37.5. The monoisotopic (exact) mass is 812 g/mol. The Morgan fingerprint density at radius 1 is 0.429 bits per heavy atom. The lowest BCUT2D eigenvalue weighted by Crippen LogP contribution is -2.69. The van der Waals surface area contributed by atoms with E-state index in [1.807, 2.05) is 0 Å². The zero-order valence-electron chi connectivity index (χ0n) is 37.5. The Hall–Kier alpha value is -6.45. The second kappa shape index (κ2) is 13.0. The van der Waals surface area contributed by atoms with Crippen molar-refractivity contribution < 1.29 is 4.42 Å². The maximum absolute atomic E-state index is 7.31. The van der Waals surface area contributed by atoms with E-state index in [1.165, 1.54) is 94.3 Å². The first-order valence-electron chi connectivity index (χ1n) is 23.3. The van der Waals surface area contributed by atoms with Gasteiger partial charge in [-0.2, -0.15) is 0 Å². The normalized spacial score (nSPS) is 14.2. The second-order valence-electron chi connectivity index (χ2n) is 20.0. The summed E-state index contributed by atoms with van der Waals surface area (Å²) in [5.74, 6) is 1.64. The predicted molar refractivity (Wildman–Crippen MR) is 271 cm³/mol. The molecule has 0 spiro atoms. The molecule has 1 aromatic heterocycles. The summed E-state index contributed by atoms with van der Waals surface area (Å²) in [6.07, 6.45) is 0. The van der Waals surface area contributed by atoms with Crippen molar-refractivity contribution in [2.75, 3.05) is 9.71 Å². The highest BCUT2D eigenvalue weighted by molar-refractivity contribution is 7.03. The quantitative estimate of drug-likeness (QED) is 0.161. The molecule has 0 radical (unpaired) electrons. The molecule has 63 heavy (non-hydrogen) atoms. The number of anilines is 5. The molecule has 8 aromatic carbocycles. The van der Waals surface area contributed by atoms with Gasteiger partial charge in [-0.25, -0.2) is 0 Å². The Morgan fingerprint density at radius 2 is 1.03 bits per heavy atom. The summed E-state index contributed by atoms with van der Waals surface area (Å²) in [5, 5.41) is 4.65. The van der Waals surface area contributed by atoms with Crippen molar-refractivity contribution in [1.82, 2.24) is 0 Å². The van der Waals surface area contributed by atoms with E-state index in [0.29, 0.717) is 23.7 Å². The molecule has 0 bridgehead atoms. The fraction of sp³-hybridized carbons (Fsp3) is 0.207. The SMILES string of the molecule is CC(C)c1ccc(N2c3ccc4c5c3B(c3cc(C(C)C)cc6c3N5B(c3cc(C(C)C)ccc3-6)c3cc(C(C)C)ccc3-4)c3ccc4c(oc5c6ccccc6ccc45)c32)cc1. The van der Waals surface area contributed by atoms with E-state index in [9.17, 15) is 0 Å². The van der Waals surface area contributed by atoms with Crippen LogP contribution in [-0.2, 0) is 0 Å². The van der Waals surface area contributed by atoms with Gasteiger partial charge in [0.2, 0.25) is 0 Å². The Kier molecular flexibility index (Phi) is 7.69. The van der Waals surface area contributed by atoms with Crippen LogP contribution in [0.15, 0.2) is 138 Å². The molecule has 3 nitrogen and oxygen atoms in total. The van der Waals surface area contributed by atoms with Crippen molar-refractivity contribution in [2.24, 2.45) is 0 Å². The highest BCUT2D eigenvalue weighted by atomic mass is 16.3. The van der Waals surface area contributed by atoms with Gasteiger partial charge in [-0.15, -0.1) is 0 Å². The lowest BCUT2D eigenvalue weighted by atomic mass is 9.30. The molecule has 9 aromatic rings. The summed E-state index contributed by atoms with van der Waals surface area (Å²) >= 11 is 0. The van der Waals surface area contributed by atoms with Gasteiger partial charge in [-0.05, 0) is 120 Å². The van der Waals surface area contributed by atoms with Gasteiger partial charge in [-0.3, -0.25) is 0 Å². The minimum atomic E-state index is -0.0113. The molecule has 0 saturated carbocycles. The van der Waals surface area contributed by atoms with E-state index in [2.05, 4.69) is 199 Å². The molecule has 0 fully saturated rings. The van der Waals surface area contributed by atoms with Crippen molar-refractivity contribution >= 4 is 102 Å². The van der Waals surface area contributed by atoms with Gasteiger partial charge in [-0.1, -0.05) is 159 Å². The standard InChI is InChI=1S/C58H50B2N2O/c1-31(2)35-13-18-40(19-14-35)61-52-26-24-44-42-20-16-37(32(3)4)28-49(42)60-50-29-38(33(5)6)17-21-43(50)47-27-39(34(7)8)30-51-54(47)62(60)55(44)53(52)59(51)48-25-23-46-45-22-15-36-11-9-10-12-41(36)57(45)63-58(46)56(48)61/h9-34H,1-8H3. The van der Waals surface area contributed by atoms with Crippen LogP contribution in [0.4, 0.5) is 28.4 Å². The van der Waals surface area contributed by atoms with Gasteiger partial charge < -0.3 is 14.1 Å². The molecule has 0 atom stereocenters. The van der Waals surface area contributed by atoms with E-state index >= 15 is 0 Å². The van der Waals surface area contributed by atoms with E-state index in [-0.39, 0.29) is 13.6 Å². The van der Waals surface area contributed by atoms with E-state index in [1.54, 1.807) is 0 Å². The van der Waals surface area contributed by atoms with Crippen LogP contribution in [0.3, 0.4) is 0 Å². The summed E-state index contributed by atoms with van der Waals surface area (Å²) in [6.45, 7) is 18.6. The Labute approximate surface area is 371 Å². The first kappa shape index (κ1) is 37.1. The Balaban J connectivity index is 1.20. The number of furan rings is 1. The average Bonchev–Trinajstić information content (AvgIpc) is 3.69. The van der Waals surface area contributed by atoms with Crippen LogP contribution >= 0.6 is 0 Å². The highest BCUT2D eigenvalue weighted by Crippen LogP contribution is 2.53. The number of fused-ring (bicyclic) bond motifs is 15. The summed E-state index contributed by atoms with van der Waals surface area (Å²) in [5.41, 5.74) is 25.9. The molecule has 0 aliphatic carbocycles. The van der Waals surface area contributed by atoms with E-state index < -0.39 is 0 Å². The molecule has 304 valence electrons. The molecule has 0 amide bonds. The zero-order chi connectivity index (χ0) is 42.7. The van der Waals surface area contributed by atoms with Crippen molar-refractivity contribution in [3.05, 3.63) is 156 Å². The molecule has 0 unspecified atom stereocenters. The van der Waals surface area contributed by atoms with Crippen molar-refractivity contribution in [3.8, 4) is 22.3 Å². The third kappa shape index (κ3) is 4.94. The maximum Gasteiger partial charge on any atom is 0.329 e. The number of rotatable bonds is 5. The molecule has 4 aliphatic rings. The number of hydrogen-bond donors (Lipinski definition) is 0. The van der Waals surface area contributed by atoms with Crippen LogP contribution in [-0.4, -0.2) is 13.6 Å². The molecule has 13 rings (SSSR count). The van der Waals surface area contributed by atoms with Gasteiger partial charge >= 0.3 is 6.85 Å². The maximum atomic E-state index is 7.31. The minimum absolute atomic E-state index is 0.0113. The molecule has 4 aliphatic heterocycles. The van der Waals surface area contributed by atoms with Crippen molar-refractivity contribution in [2.45, 2.75) is 79.1 Å². The molecule has 5 heterocycles. The first-order chi connectivity index (χ1) is 30.6. The highest BCUT2D eigenvalue weighted by Gasteiger charge is 2.52. The number of hydrogen-bond acceptors (Lipinski definition) is 3. The first-order valence-corrected chi connectivity index (χ1v) is 23.3. The van der Waals surface area contributed by atoms with E-state index in [0.717, 1.165) is 38.7 Å². The lowest BCUT2D eigenvalue weighted by Gasteiger charge is -2.52. The van der Waals surface area contributed by atoms with Gasteiger partial charge in [0.05, 0.1) is 5.69 Å². The van der Waals surface area contributed by atoms with Crippen LogP contribution in [0.1, 0.15) is 101 Å². The fourth-order valence-corrected chi connectivity index (χ4v) is 11.8. The summed E-state index contributed by atoms with van der Waals surface area (Å²) in [4.78, 5) is 5.35. The van der Waals surface area contributed by atoms with Crippen LogP contribution in [0, 0.1) is 0 Å². The van der Waals surface area contributed by atoms with Crippen molar-refractivity contribution in [1.29, 1.82) is 0 Å². The average molecular weight is 813 g/mol. The summed E-state index contributed by atoms with van der Waals surface area (Å²) in [6, 6.07) is 52.0. The van der Waals surface area contributed by atoms with Crippen molar-refractivity contribution in [3.63, 3.8) is 0 Å². The molecule has 0 N–H and O–H groups in total. The second-order valence-corrected chi connectivity index (χ2v) is 20.0. The van der Waals surface area contributed by atoms with Gasteiger partial charge in [0.1, 0.15) is 5.58 Å². The number of benzene rings is 8. The Morgan fingerprint density at radius 3 is 1.73 bits per heavy atom. The number of nitrogens with zero attached hydrogens (tertiary/aromatic N) is 2. The smallest absolute Gasteiger partial charge is 0.329 e. The van der Waals surface area contributed by atoms with E-state index in [4.69, 9.17) is 4.42 Å². The lowest BCUT2D eigenvalue weighted by molar-refractivity contribution is 0.673. The summed E-state index contributed by atoms with van der Waals surface area (Å²) in [7, 11) is 0. The van der Waals surface area contributed by atoms with Crippen LogP contribution in [0.2, 0.25) is 0 Å². The van der Waals surface area contributed by atoms with Crippen LogP contribution < -0.4 is 37.0 Å². The van der Waals surface area contributed by atoms with Crippen LogP contribution in [0.25, 0.3) is 55.0 Å². The van der Waals surface area contributed by atoms with Gasteiger partial charge in [0.25, 0.3) is 6.71 Å². The Bertz CT molecular complexity index is 3450. The third-order valence-corrected chi connectivity index (χ3v) is 15.1. The molecule has 5 heteroatoms. The summed E-state index contributed by atoms with van der Waals surface area (Å²) < 4.78 is 7.31. The topological polar surface area (TPSA) is 19.6 Å². The minimum Gasteiger partial charge on any atom is -0.453 e. The predicted octanol–water partition coefficient (Wildman–Crippen LogP) is 12.8. The van der Waals surface area contributed by atoms with Gasteiger partial charge in [0.15, 0.2) is 5.58 Å².